The Morgan fingerprint density at radius 3 is 2.57 bits per heavy atom. The van der Waals surface area contributed by atoms with E-state index in [0.717, 1.165) is 25.7 Å². The number of sulfonamides is 1. The maximum Gasteiger partial charge on any atom is 0.211 e. The molecule has 4 nitrogen and oxygen atoms in total. The summed E-state index contributed by atoms with van der Waals surface area (Å²) < 4.78 is 25.1. The predicted octanol–water partition coefficient (Wildman–Crippen LogP) is 0.617. The third kappa shape index (κ3) is 4.59. The predicted molar refractivity (Wildman–Crippen MR) is 60.1 cm³/mol. The summed E-state index contributed by atoms with van der Waals surface area (Å²) in [6.45, 7) is 1.64. The topological polar surface area (TPSA) is 72.2 Å². The minimum Gasteiger partial charge on any atom is -0.328 e. The molecule has 1 aliphatic carbocycles. The minimum atomic E-state index is -3.05. The molecule has 2 atom stereocenters. The average Bonchev–Trinajstić information content (AvgIpc) is 2.03. The molecular weight excluding hydrogens is 224 g/mol. The second kappa shape index (κ2) is 5.90. The third-order valence-corrected chi connectivity index (χ3v) is 3.89. The molecule has 86 valence electrons. The van der Waals surface area contributed by atoms with E-state index in [9.17, 15) is 8.42 Å². The molecule has 1 fully saturated rings. The summed E-state index contributed by atoms with van der Waals surface area (Å²) in [4.78, 5) is 0. The van der Waals surface area contributed by atoms with Crippen molar-refractivity contribution in [3.05, 3.63) is 0 Å². The Hall–Kier alpha value is 0.160. The molecule has 1 aliphatic rings. The summed E-state index contributed by atoms with van der Waals surface area (Å²) in [6.07, 6.45) is 3.74. The van der Waals surface area contributed by atoms with Gasteiger partial charge in [-0.25, -0.2) is 13.1 Å². The fourth-order valence-corrected chi connectivity index (χ4v) is 2.56. The van der Waals surface area contributed by atoms with Crippen molar-refractivity contribution in [3.8, 4) is 0 Å². The lowest BCUT2D eigenvalue weighted by Gasteiger charge is -2.26. The standard InChI is InChI=1S/C8H18N2O2S.ClH/c1-2-13(11,12)10-8-5-3-4-7(9)6-8;/h7-8,10H,2-6,9H2,1H3;1H. The molecule has 3 N–H and O–H groups in total. The molecule has 1 saturated carbocycles. The Balaban J connectivity index is 0.00000169. The molecule has 0 bridgehead atoms. The molecule has 14 heavy (non-hydrogen) atoms. The van der Waals surface area contributed by atoms with Gasteiger partial charge in [-0.1, -0.05) is 6.42 Å². The SMILES string of the molecule is CCS(=O)(=O)NC1CCCC(N)C1.Cl. The highest BCUT2D eigenvalue weighted by molar-refractivity contribution is 7.89. The highest BCUT2D eigenvalue weighted by Gasteiger charge is 2.22. The number of hydrogen-bond donors (Lipinski definition) is 2. The molecule has 0 heterocycles. The summed E-state index contributed by atoms with van der Waals surface area (Å²) in [7, 11) is -3.05. The van der Waals surface area contributed by atoms with Crippen molar-refractivity contribution in [2.45, 2.75) is 44.7 Å². The second-order valence-corrected chi connectivity index (χ2v) is 5.69. The molecule has 0 aliphatic heterocycles. The van der Waals surface area contributed by atoms with Crippen molar-refractivity contribution in [3.63, 3.8) is 0 Å². The molecule has 1 rings (SSSR count). The van der Waals surface area contributed by atoms with Gasteiger partial charge in [-0.05, 0) is 26.2 Å². The van der Waals surface area contributed by atoms with E-state index in [2.05, 4.69) is 4.72 Å². The normalized spacial score (nSPS) is 28.1. The molecule has 0 aromatic carbocycles. The van der Waals surface area contributed by atoms with Crippen molar-refractivity contribution in [1.82, 2.24) is 4.72 Å². The Labute approximate surface area is 92.1 Å². The van der Waals surface area contributed by atoms with Gasteiger partial charge in [0.25, 0.3) is 0 Å². The lowest BCUT2D eigenvalue weighted by molar-refractivity contribution is 0.371. The van der Waals surface area contributed by atoms with Gasteiger partial charge in [-0.2, -0.15) is 0 Å². The summed E-state index contributed by atoms with van der Waals surface area (Å²) in [5.41, 5.74) is 5.75. The van der Waals surface area contributed by atoms with Gasteiger partial charge in [0, 0.05) is 12.1 Å². The van der Waals surface area contributed by atoms with Crippen LogP contribution in [0.5, 0.6) is 0 Å². The molecule has 2 unspecified atom stereocenters. The maximum atomic E-state index is 11.2. The van der Waals surface area contributed by atoms with Crippen molar-refractivity contribution in [2.75, 3.05) is 5.75 Å². The van der Waals surface area contributed by atoms with Gasteiger partial charge in [-0.15, -0.1) is 12.4 Å². The molecule has 0 spiro atoms. The van der Waals surface area contributed by atoms with E-state index in [1.54, 1.807) is 6.92 Å². The van der Waals surface area contributed by atoms with Crippen LogP contribution in [-0.4, -0.2) is 26.3 Å². The first-order chi connectivity index (χ1) is 6.03. The van der Waals surface area contributed by atoms with Crippen LogP contribution in [-0.2, 0) is 10.0 Å². The van der Waals surface area contributed by atoms with Gasteiger partial charge in [0.1, 0.15) is 0 Å². The van der Waals surface area contributed by atoms with Crippen LogP contribution in [0.3, 0.4) is 0 Å². The van der Waals surface area contributed by atoms with Gasteiger partial charge >= 0.3 is 0 Å². The zero-order chi connectivity index (χ0) is 9.90. The zero-order valence-electron chi connectivity index (χ0n) is 8.40. The highest BCUT2D eigenvalue weighted by atomic mass is 35.5. The summed E-state index contributed by atoms with van der Waals surface area (Å²) in [6, 6.07) is 0.229. The molecule has 0 saturated heterocycles. The first-order valence-corrected chi connectivity index (χ1v) is 6.44. The van der Waals surface area contributed by atoms with E-state index in [1.165, 1.54) is 0 Å². The van der Waals surface area contributed by atoms with Crippen molar-refractivity contribution >= 4 is 22.4 Å². The van der Waals surface area contributed by atoms with Crippen LogP contribution >= 0.6 is 12.4 Å². The minimum absolute atomic E-state index is 0. The fourth-order valence-electron chi connectivity index (χ4n) is 1.67. The van der Waals surface area contributed by atoms with Crippen LogP contribution in [0.2, 0.25) is 0 Å². The Morgan fingerprint density at radius 2 is 2.07 bits per heavy atom. The van der Waals surface area contributed by atoms with E-state index in [4.69, 9.17) is 5.73 Å². The van der Waals surface area contributed by atoms with E-state index in [-0.39, 0.29) is 30.2 Å². The van der Waals surface area contributed by atoms with Gasteiger partial charge in [0.2, 0.25) is 10.0 Å². The van der Waals surface area contributed by atoms with Crippen molar-refractivity contribution < 1.29 is 8.42 Å². The highest BCUT2D eigenvalue weighted by Crippen LogP contribution is 2.17. The number of rotatable bonds is 3. The van der Waals surface area contributed by atoms with Gasteiger partial charge in [0.05, 0.1) is 5.75 Å². The smallest absolute Gasteiger partial charge is 0.211 e. The summed E-state index contributed by atoms with van der Waals surface area (Å²) in [5.74, 6) is 0.152. The van der Waals surface area contributed by atoms with Crippen LogP contribution in [0, 0.1) is 0 Å². The van der Waals surface area contributed by atoms with Crippen molar-refractivity contribution in [2.24, 2.45) is 5.73 Å². The molecule has 0 radical (unpaired) electrons. The first kappa shape index (κ1) is 14.2. The molecule has 6 heteroatoms. The van der Waals surface area contributed by atoms with Crippen LogP contribution in [0.1, 0.15) is 32.6 Å². The monoisotopic (exact) mass is 242 g/mol. The fraction of sp³-hybridized carbons (Fsp3) is 1.00. The average molecular weight is 243 g/mol. The quantitative estimate of drug-likeness (QED) is 0.762. The van der Waals surface area contributed by atoms with Gasteiger partial charge < -0.3 is 5.73 Å². The van der Waals surface area contributed by atoms with Crippen LogP contribution in [0.15, 0.2) is 0 Å². The lowest BCUT2D eigenvalue weighted by atomic mass is 9.92. The number of hydrogen-bond acceptors (Lipinski definition) is 3. The van der Waals surface area contributed by atoms with E-state index in [0.29, 0.717) is 0 Å². The molecular formula is C8H19ClN2O2S. The Morgan fingerprint density at radius 1 is 1.43 bits per heavy atom. The largest absolute Gasteiger partial charge is 0.328 e. The molecule has 0 amide bonds. The van der Waals surface area contributed by atoms with Crippen molar-refractivity contribution in [1.29, 1.82) is 0 Å². The zero-order valence-corrected chi connectivity index (χ0v) is 10.0. The lowest BCUT2D eigenvalue weighted by Crippen LogP contribution is -2.42. The summed E-state index contributed by atoms with van der Waals surface area (Å²) in [5, 5.41) is 0. The van der Waals surface area contributed by atoms with E-state index >= 15 is 0 Å². The Bertz CT molecular complexity index is 256. The van der Waals surface area contributed by atoms with Crippen LogP contribution in [0.25, 0.3) is 0 Å². The summed E-state index contributed by atoms with van der Waals surface area (Å²) >= 11 is 0. The van der Waals surface area contributed by atoms with Crippen LogP contribution in [0.4, 0.5) is 0 Å². The molecule has 0 aromatic heterocycles. The Kier molecular flexibility index (Phi) is 5.97. The number of halogens is 1. The number of nitrogens with one attached hydrogen (secondary N) is 1. The third-order valence-electron chi connectivity index (χ3n) is 2.44. The van der Waals surface area contributed by atoms with Gasteiger partial charge in [-0.3, -0.25) is 0 Å². The number of nitrogens with two attached hydrogens (primary N) is 1. The van der Waals surface area contributed by atoms with Gasteiger partial charge in [0.15, 0.2) is 0 Å². The maximum absolute atomic E-state index is 11.2. The molecule has 0 aromatic rings. The van der Waals surface area contributed by atoms with Crippen LogP contribution < -0.4 is 10.5 Å². The first-order valence-electron chi connectivity index (χ1n) is 4.79. The van der Waals surface area contributed by atoms with E-state index < -0.39 is 10.0 Å². The second-order valence-electron chi connectivity index (χ2n) is 3.64. The van der Waals surface area contributed by atoms with E-state index in [1.807, 2.05) is 0 Å².